The van der Waals surface area contributed by atoms with E-state index >= 15 is 0 Å². The molecule has 5 nitrogen and oxygen atoms in total. The topological polar surface area (TPSA) is 74.3 Å². The number of carboxylic acid groups (broad SMARTS) is 1. The molecule has 1 aromatic rings. The average Bonchev–Trinajstić information content (AvgIpc) is 2.83. The number of benzene rings is 1. The molecule has 0 radical (unpaired) electrons. The van der Waals surface area contributed by atoms with Crippen LogP contribution in [0.1, 0.15) is 97.0 Å². The summed E-state index contributed by atoms with van der Waals surface area (Å²) in [7, 11) is 0. The molecule has 1 aliphatic carbocycles. The minimum atomic E-state index is -1.17. The van der Waals surface area contributed by atoms with Crippen LogP contribution in [0.15, 0.2) is 30.3 Å². The number of amides is 1. The molecule has 5 heteroatoms. The predicted octanol–water partition coefficient (Wildman–Crippen LogP) is 4.39. The number of Topliss-reactive ketones (excluding diaryl/α,β-unsaturated/α-hetero) is 1. The summed E-state index contributed by atoms with van der Waals surface area (Å²) in [6, 6.07) is 9.05. The number of nitrogens with zero attached hydrogens (tertiary/aromatic N) is 1. The summed E-state index contributed by atoms with van der Waals surface area (Å²) in [5, 5.41) is 12.8. The van der Waals surface area contributed by atoms with Gasteiger partial charge in [0.05, 0.1) is 12.6 Å². The quantitative estimate of drug-likeness (QED) is 0.430. The molecular weight excluding hydrogens is 414 g/mol. The molecular formula is C28H41NO4. The van der Waals surface area contributed by atoms with Crippen molar-refractivity contribution in [1.29, 1.82) is 0 Å². The average molecular weight is 456 g/mol. The number of ketones is 1. The van der Waals surface area contributed by atoms with E-state index in [0.717, 1.165) is 44.9 Å². The molecule has 1 aromatic carbocycles. The van der Waals surface area contributed by atoms with Gasteiger partial charge in [0.1, 0.15) is 12.0 Å². The van der Waals surface area contributed by atoms with Crippen molar-refractivity contribution in [3.05, 3.63) is 35.9 Å². The Labute approximate surface area is 199 Å². The molecule has 1 saturated carbocycles. The maximum absolute atomic E-state index is 14.1. The summed E-state index contributed by atoms with van der Waals surface area (Å²) >= 11 is 0. The van der Waals surface area contributed by atoms with Crippen LogP contribution in [-0.2, 0) is 14.4 Å². The molecule has 2 fully saturated rings. The van der Waals surface area contributed by atoms with Gasteiger partial charge in [-0.05, 0) is 62.8 Å². The van der Waals surface area contributed by atoms with Crippen LogP contribution in [0, 0.1) is 11.3 Å². The standard InChI is InChI=1S/C28H41NO4/c1-5-28(3,4)25(30)26(31)29(23-16-10-7-11-17-23)18-12-15-22(24(29)27(32)33)19-20(2)21-13-8-6-9-14-21/h6,8-9,13-14,20,22-24H,5,7,10-12,15-19H2,1-4H3/t20?,22?,24-,29-/m0/s1. The van der Waals surface area contributed by atoms with Gasteiger partial charge in [-0.2, -0.15) is 0 Å². The highest BCUT2D eigenvalue weighted by Crippen LogP contribution is 2.43. The smallest absolute Gasteiger partial charge is 0.383 e. The van der Waals surface area contributed by atoms with Crippen LogP contribution in [0.3, 0.4) is 0 Å². The van der Waals surface area contributed by atoms with E-state index in [0.29, 0.717) is 19.4 Å². The Morgan fingerprint density at radius 3 is 2.24 bits per heavy atom. The van der Waals surface area contributed by atoms with Crippen molar-refractivity contribution in [2.75, 3.05) is 6.54 Å². The Kier molecular flexibility index (Phi) is 8.15. The number of likely N-dealkylation sites (tertiary alicyclic amines) is 1. The van der Waals surface area contributed by atoms with E-state index in [4.69, 9.17) is 0 Å². The number of rotatable bonds is 8. The van der Waals surface area contributed by atoms with E-state index in [1.54, 1.807) is 13.8 Å². The zero-order valence-corrected chi connectivity index (χ0v) is 20.8. The third kappa shape index (κ3) is 5.08. The van der Waals surface area contributed by atoms with Crippen LogP contribution < -0.4 is 5.11 Å². The Hall–Kier alpha value is -2.01. The number of quaternary nitrogens is 1. The highest BCUT2D eigenvalue weighted by molar-refractivity contribution is 6.35. The maximum Gasteiger partial charge on any atom is 0.383 e. The third-order valence-electron chi connectivity index (χ3n) is 8.61. The lowest BCUT2D eigenvalue weighted by atomic mass is 9.75. The van der Waals surface area contributed by atoms with E-state index in [1.165, 1.54) is 5.56 Å². The first-order valence-corrected chi connectivity index (χ1v) is 12.9. The second kappa shape index (κ2) is 10.5. The molecule has 0 N–H and O–H groups in total. The first-order valence-electron chi connectivity index (χ1n) is 12.9. The second-order valence-electron chi connectivity index (χ2n) is 11.0. The fraction of sp³-hybridized carbons (Fsp3) is 0.679. The summed E-state index contributed by atoms with van der Waals surface area (Å²) in [4.78, 5) is 40.4. The first kappa shape index (κ1) is 25.6. The van der Waals surface area contributed by atoms with E-state index in [2.05, 4.69) is 19.1 Å². The number of piperidine rings is 1. The molecule has 4 atom stereocenters. The lowest BCUT2D eigenvalue weighted by Gasteiger charge is -2.54. The van der Waals surface area contributed by atoms with E-state index in [1.807, 2.05) is 25.1 Å². The van der Waals surface area contributed by atoms with Crippen molar-refractivity contribution < 1.29 is 24.0 Å². The number of hydrogen-bond acceptors (Lipinski definition) is 4. The van der Waals surface area contributed by atoms with E-state index < -0.39 is 29.1 Å². The van der Waals surface area contributed by atoms with Crippen LogP contribution in [0.4, 0.5) is 0 Å². The molecule has 1 aliphatic heterocycles. The van der Waals surface area contributed by atoms with Crippen molar-refractivity contribution in [1.82, 2.24) is 0 Å². The van der Waals surface area contributed by atoms with Gasteiger partial charge >= 0.3 is 5.91 Å². The third-order valence-corrected chi connectivity index (χ3v) is 8.61. The number of aliphatic carboxylic acids is 1. The molecule has 0 spiro atoms. The summed E-state index contributed by atoms with van der Waals surface area (Å²) in [6.07, 6.45) is 7.40. The van der Waals surface area contributed by atoms with Gasteiger partial charge in [-0.1, -0.05) is 64.4 Å². The number of hydrogen-bond donors (Lipinski definition) is 0. The fourth-order valence-electron chi connectivity index (χ4n) is 6.27. The summed E-state index contributed by atoms with van der Waals surface area (Å²) in [6.45, 7) is 8.07. The van der Waals surface area contributed by atoms with Gasteiger partial charge in [-0.3, -0.25) is 4.79 Å². The molecule has 2 aliphatic rings. The zero-order chi connectivity index (χ0) is 24.2. The van der Waals surface area contributed by atoms with Crippen molar-refractivity contribution in [3.8, 4) is 0 Å². The monoisotopic (exact) mass is 455 g/mol. The van der Waals surface area contributed by atoms with Crippen LogP contribution in [-0.4, -0.2) is 40.8 Å². The molecule has 1 amide bonds. The van der Waals surface area contributed by atoms with Gasteiger partial charge in [0.15, 0.2) is 0 Å². The van der Waals surface area contributed by atoms with Crippen LogP contribution in [0.5, 0.6) is 0 Å². The van der Waals surface area contributed by atoms with Crippen LogP contribution >= 0.6 is 0 Å². The molecule has 33 heavy (non-hydrogen) atoms. The molecule has 1 saturated heterocycles. The van der Waals surface area contributed by atoms with E-state index in [-0.39, 0.29) is 22.4 Å². The maximum atomic E-state index is 14.1. The molecule has 3 rings (SSSR count). The van der Waals surface area contributed by atoms with Gasteiger partial charge in [-0.15, -0.1) is 0 Å². The molecule has 0 aromatic heterocycles. The van der Waals surface area contributed by atoms with Crippen molar-refractivity contribution in [2.24, 2.45) is 11.3 Å². The minimum Gasteiger partial charge on any atom is -0.544 e. The normalized spacial score (nSPS) is 27.6. The fourth-order valence-corrected chi connectivity index (χ4v) is 6.27. The van der Waals surface area contributed by atoms with Gasteiger partial charge in [0.2, 0.25) is 0 Å². The van der Waals surface area contributed by atoms with Gasteiger partial charge in [0.25, 0.3) is 5.78 Å². The first-order chi connectivity index (χ1) is 15.6. The Morgan fingerprint density at radius 2 is 1.67 bits per heavy atom. The van der Waals surface area contributed by atoms with Crippen molar-refractivity contribution in [3.63, 3.8) is 0 Å². The summed E-state index contributed by atoms with van der Waals surface area (Å²) < 4.78 is -0.212. The molecule has 0 bridgehead atoms. The SMILES string of the molecule is CCC(C)(C)C(=O)C(=O)[N@+]1(C2CCCCC2)CCCC(CC(C)c2ccccc2)[C@H]1C(=O)[O-]. The number of carbonyl (C=O) groups excluding carboxylic acids is 3. The van der Waals surface area contributed by atoms with Crippen molar-refractivity contribution >= 4 is 17.7 Å². The molecule has 182 valence electrons. The molecule has 1 heterocycles. The minimum absolute atomic E-state index is 0.111. The lowest BCUT2D eigenvalue weighted by molar-refractivity contribution is -0.905. The number of carboxylic acids is 1. The number of carbonyl (C=O) groups is 3. The van der Waals surface area contributed by atoms with Gasteiger partial charge in [0, 0.05) is 11.3 Å². The highest BCUT2D eigenvalue weighted by Gasteiger charge is 2.58. The second-order valence-corrected chi connectivity index (χ2v) is 11.0. The Bertz CT molecular complexity index is 843. The highest BCUT2D eigenvalue weighted by atomic mass is 16.4. The molecule has 2 unspecified atom stereocenters. The van der Waals surface area contributed by atoms with E-state index in [9.17, 15) is 19.5 Å². The van der Waals surface area contributed by atoms with Gasteiger partial charge in [-0.25, -0.2) is 9.28 Å². The summed E-state index contributed by atoms with van der Waals surface area (Å²) in [5.74, 6) is -2.09. The zero-order valence-electron chi connectivity index (χ0n) is 20.8. The predicted molar refractivity (Wildman–Crippen MR) is 127 cm³/mol. The van der Waals surface area contributed by atoms with Crippen LogP contribution in [0.2, 0.25) is 0 Å². The van der Waals surface area contributed by atoms with Gasteiger partial charge < -0.3 is 9.90 Å². The Morgan fingerprint density at radius 1 is 1.03 bits per heavy atom. The largest absolute Gasteiger partial charge is 0.544 e. The Balaban J connectivity index is 2.03. The lowest BCUT2D eigenvalue weighted by Crippen LogP contribution is -2.75. The summed E-state index contributed by atoms with van der Waals surface area (Å²) in [5.41, 5.74) is 0.378. The van der Waals surface area contributed by atoms with Crippen molar-refractivity contribution in [2.45, 2.75) is 103 Å². The van der Waals surface area contributed by atoms with Crippen LogP contribution in [0.25, 0.3) is 0 Å².